The van der Waals surface area contributed by atoms with Crippen molar-refractivity contribution in [3.63, 3.8) is 0 Å². The number of primary amides is 1. The minimum Gasteiger partial charge on any atom is -0.366 e. The summed E-state index contributed by atoms with van der Waals surface area (Å²) in [6.45, 7) is 4.14. The first kappa shape index (κ1) is 11.2. The van der Waals surface area contributed by atoms with Crippen LogP contribution in [0.4, 0.5) is 0 Å². The molecule has 1 saturated heterocycles. The number of hydrogen-bond acceptors (Lipinski definition) is 2. The van der Waals surface area contributed by atoms with Gasteiger partial charge in [0.05, 0.1) is 5.56 Å². The van der Waals surface area contributed by atoms with Crippen molar-refractivity contribution in [3.8, 4) is 0 Å². The quantitative estimate of drug-likeness (QED) is 0.805. The molecule has 2 rings (SSSR count). The number of carbonyl (C=O) groups excluding carboxylic acids is 1. The number of nitrogens with zero attached hydrogens (tertiary/aromatic N) is 2. The van der Waals surface area contributed by atoms with E-state index in [4.69, 9.17) is 5.73 Å². The third kappa shape index (κ3) is 1.73. The first-order chi connectivity index (χ1) is 7.50. The minimum absolute atomic E-state index is 0.328. The molecule has 1 aliphatic heterocycles. The Morgan fingerprint density at radius 2 is 2.19 bits per heavy atom. The third-order valence-corrected chi connectivity index (χ3v) is 3.65. The molecule has 1 atom stereocenters. The van der Waals surface area contributed by atoms with Gasteiger partial charge in [-0.1, -0.05) is 0 Å². The number of hydrogen-bond donors (Lipinski definition) is 1. The maximum atomic E-state index is 11.3. The molecule has 0 aromatic carbocycles. The number of likely N-dealkylation sites (N-methyl/N-ethyl adjacent to an activating group) is 1. The summed E-state index contributed by atoms with van der Waals surface area (Å²) in [7, 11) is 4.14. The Balaban J connectivity index is 2.35. The number of carbonyl (C=O) groups is 1. The zero-order valence-electron chi connectivity index (χ0n) is 10.2. The molecule has 1 aromatic rings. The van der Waals surface area contributed by atoms with Crippen molar-refractivity contribution in [2.24, 2.45) is 12.8 Å². The monoisotopic (exact) mass is 221 g/mol. The molecular formula is C12H19N3O. The van der Waals surface area contributed by atoms with Crippen LogP contribution in [-0.2, 0) is 7.05 Å². The highest BCUT2D eigenvalue weighted by Gasteiger charge is 2.25. The standard InChI is InChI=1S/C12H19N3O/c1-8-10(12(13)16)6-11(15(8)3)9-4-5-14(2)7-9/h6,9H,4-5,7H2,1-3H3,(H2,13,16). The topological polar surface area (TPSA) is 51.3 Å². The van der Waals surface area contributed by atoms with E-state index in [1.807, 2.05) is 20.0 Å². The molecular weight excluding hydrogens is 202 g/mol. The number of amides is 1. The first-order valence-corrected chi connectivity index (χ1v) is 5.65. The van der Waals surface area contributed by atoms with Crippen molar-refractivity contribution in [1.82, 2.24) is 9.47 Å². The van der Waals surface area contributed by atoms with Gasteiger partial charge in [-0.25, -0.2) is 0 Å². The van der Waals surface area contributed by atoms with E-state index in [1.54, 1.807) is 0 Å². The van der Waals surface area contributed by atoms with Gasteiger partial charge in [-0.3, -0.25) is 4.79 Å². The fourth-order valence-electron chi connectivity index (χ4n) is 2.54. The van der Waals surface area contributed by atoms with Crippen molar-refractivity contribution in [1.29, 1.82) is 0 Å². The Bertz CT molecular complexity index is 422. The van der Waals surface area contributed by atoms with Gasteiger partial charge in [-0.15, -0.1) is 0 Å². The lowest BCUT2D eigenvalue weighted by atomic mass is 10.0. The molecule has 1 unspecified atom stereocenters. The second kappa shape index (κ2) is 3.94. The normalized spacial score (nSPS) is 21.6. The molecule has 16 heavy (non-hydrogen) atoms. The average Bonchev–Trinajstić information content (AvgIpc) is 2.74. The lowest BCUT2D eigenvalue weighted by molar-refractivity contribution is 0.0999. The van der Waals surface area contributed by atoms with Crippen molar-refractivity contribution in [2.75, 3.05) is 20.1 Å². The SMILES string of the molecule is Cc1c(C(N)=O)cc(C2CCN(C)C2)n1C. The van der Waals surface area contributed by atoms with E-state index in [2.05, 4.69) is 16.5 Å². The number of aromatic nitrogens is 1. The van der Waals surface area contributed by atoms with Crippen molar-refractivity contribution >= 4 is 5.91 Å². The zero-order chi connectivity index (χ0) is 11.9. The van der Waals surface area contributed by atoms with Crippen LogP contribution in [0.2, 0.25) is 0 Å². The van der Waals surface area contributed by atoms with Crippen LogP contribution < -0.4 is 5.73 Å². The number of nitrogens with two attached hydrogens (primary N) is 1. The van der Waals surface area contributed by atoms with Gasteiger partial charge in [0, 0.05) is 30.9 Å². The highest BCUT2D eigenvalue weighted by Crippen LogP contribution is 2.28. The van der Waals surface area contributed by atoms with E-state index in [0.717, 1.165) is 25.2 Å². The maximum Gasteiger partial charge on any atom is 0.250 e. The van der Waals surface area contributed by atoms with E-state index < -0.39 is 0 Å². The summed E-state index contributed by atoms with van der Waals surface area (Å²) in [6.07, 6.45) is 1.16. The van der Waals surface area contributed by atoms with Gasteiger partial charge in [-0.2, -0.15) is 0 Å². The summed E-state index contributed by atoms with van der Waals surface area (Å²) < 4.78 is 2.10. The summed E-state index contributed by atoms with van der Waals surface area (Å²) >= 11 is 0. The van der Waals surface area contributed by atoms with E-state index in [-0.39, 0.29) is 5.91 Å². The predicted molar refractivity (Wildman–Crippen MR) is 63.5 cm³/mol. The molecule has 1 fully saturated rings. The predicted octanol–water partition coefficient (Wildman–Crippen LogP) is 0.852. The Labute approximate surface area is 96.0 Å². The summed E-state index contributed by atoms with van der Waals surface area (Å²) in [5.41, 5.74) is 8.22. The van der Waals surface area contributed by atoms with Gasteiger partial charge in [0.25, 0.3) is 5.91 Å². The van der Waals surface area contributed by atoms with E-state index in [0.29, 0.717) is 11.5 Å². The first-order valence-electron chi connectivity index (χ1n) is 5.65. The zero-order valence-corrected chi connectivity index (χ0v) is 10.2. The molecule has 4 heteroatoms. The van der Waals surface area contributed by atoms with Crippen LogP contribution in [0.15, 0.2) is 6.07 Å². The highest BCUT2D eigenvalue weighted by atomic mass is 16.1. The Morgan fingerprint density at radius 3 is 2.62 bits per heavy atom. The molecule has 2 heterocycles. The van der Waals surface area contributed by atoms with Crippen LogP contribution in [0.3, 0.4) is 0 Å². The minimum atomic E-state index is -0.328. The van der Waals surface area contributed by atoms with Crippen LogP contribution in [0.1, 0.15) is 34.1 Å². The maximum absolute atomic E-state index is 11.3. The van der Waals surface area contributed by atoms with Crippen LogP contribution in [-0.4, -0.2) is 35.5 Å². The van der Waals surface area contributed by atoms with Crippen molar-refractivity contribution in [3.05, 3.63) is 23.0 Å². The second-order valence-electron chi connectivity index (χ2n) is 4.74. The Hall–Kier alpha value is -1.29. The molecule has 0 radical (unpaired) electrons. The Morgan fingerprint density at radius 1 is 1.50 bits per heavy atom. The second-order valence-corrected chi connectivity index (χ2v) is 4.74. The third-order valence-electron chi connectivity index (χ3n) is 3.65. The van der Waals surface area contributed by atoms with Crippen LogP contribution in [0.5, 0.6) is 0 Å². The summed E-state index contributed by atoms with van der Waals surface area (Å²) in [4.78, 5) is 13.6. The molecule has 1 amide bonds. The largest absolute Gasteiger partial charge is 0.366 e. The molecule has 4 nitrogen and oxygen atoms in total. The van der Waals surface area contributed by atoms with Gasteiger partial charge in [0.2, 0.25) is 0 Å². The number of rotatable bonds is 2. The van der Waals surface area contributed by atoms with Crippen LogP contribution in [0, 0.1) is 6.92 Å². The highest BCUT2D eigenvalue weighted by molar-refractivity contribution is 5.94. The molecule has 1 aromatic heterocycles. The van der Waals surface area contributed by atoms with Crippen molar-refractivity contribution in [2.45, 2.75) is 19.3 Å². The molecule has 0 bridgehead atoms. The fourth-order valence-corrected chi connectivity index (χ4v) is 2.54. The number of likely N-dealkylation sites (tertiary alicyclic amines) is 1. The van der Waals surface area contributed by atoms with E-state index in [9.17, 15) is 4.79 Å². The molecule has 88 valence electrons. The van der Waals surface area contributed by atoms with E-state index in [1.165, 1.54) is 5.69 Å². The molecule has 0 aliphatic carbocycles. The lowest BCUT2D eigenvalue weighted by Gasteiger charge is -2.12. The fraction of sp³-hybridized carbons (Fsp3) is 0.583. The van der Waals surface area contributed by atoms with Crippen LogP contribution >= 0.6 is 0 Å². The lowest BCUT2D eigenvalue weighted by Crippen LogP contribution is -2.14. The molecule has 1 aliphatic rings. The summed E-state index contributed by atoms with van der Waals surface area (Å²) in [5, 5.41) is 0. The Kier molecular flexibility index (Phi) is 2.76. The molecule has 2 N–H and O–H groups in total. The summed E-state index contributed by atoms with van der Waals surface area (Å²) in [6, 6.07) is 1.96. The molecule has 0 spiro atoms. The van der Waals surface area contributed by atoms with Crippen LogP contribution in [0.25, 0.3) is 0 Å². The van der Waals surface area contributed by atoms with Gasteiger partial charge in [-0.05, 0) is 33.0 Å². The van der Waals surface area contributed by atoms with Crippen molar-refractivity contribution < 1.29 is 4.79 Å². The summed E-state index contributed by atoms with van der Waals surface area (Å²) in [5.74, 6) is 0.201. The van der Waals surface area contributed by atoms with Gasteiger partial charge in [0.1, 0.15) is 0 Å². The van der Waals surface area contributed by atoms with E-state index >= 15 is 0 Å². The van der Waals surface area contributed by atoms with Gasteiger partial charge in [0.15, 0.2) is 0 Å². The van der Waals surface area contributed by atoms with Gasteiger partial charge >= 0.3 is 0 Å². The molecule has 0 saturated carbocycles. The average molecular weight is 221 g/mol. The van der Waals surface area contributed by atoms with Gasteiger partial charge < -0.3 is 15.2 Å². The smallest absolute Gasteiger partial charge is 0.250 e.